The lowest BCUT2D eigenvalue weighted by Gasteiger charge is -2.21. The number of aromatic nitrogens is 3. The highest BCUT2D eigenvalue weighted by Crippen LogP contribution is 2.25. The minimum Gasteiger partial charge on any atom is -0.298 e. The van der Waals surface area contributed by atoms with Crippen molar-refractivity contribution in [2.45, 2.75) is 52.0 Å². The molecular weight excluding hydrogens is 360 g/mol. The minimum absolute atomic E-state index is 0.00810. The van der Waals surface area contributed by atoms with Crippen LogP contribution in [0.2, 0.25) is 0 Å². The molecule has 0 saturated carbocycles. The van der Waals surface area contributed by atoms with Gasteiger partial charge in [-0.15, -0.1) is 11.3 Å². The molecule has 1 N–H and O–H groups in total. The molecule has 1 aliphatic heterocycles. The number of fused-ring (bicyclic) bond motifs is 2. The second-order valence-corrected chi connectivity index (χ2v) is 8.37. The molecule has 3 heterocycles. The number of aryl methyl sites for hydroxylation is 1. The summed E-state index contributed by atoms with van der Waals surface area (Å²) in [6.07, 6.45) is 6.05. The fourth-order valence-corrected chi connectivity index (χ4v) is 4.24. The van der Waals surface area contributed by atoms with Gasteiger partial charge in [-0.25, -0.2) is 9.97 Å². The largest absolute Gasteiger partial charge is 0.298 e. The molecule has 1 aromatic carbocycles. The predicted molar refractivity (Wildman–Crippen MR) is 108 cm³/mol. The van der Waals surface area contributed by atoms with Gasteiger partial charge in [-0.2, -0.15) is 0 Å². The fourth-order valence-electron chi connectivity index (χ4n) is 3.58. The number of carbonyl (C=O) groups is 1. The molecule has 7 heteroatoms. The van der Waals surface area contributed by atoms with Crippen LogP contribution in [-0.4, -0.2) is 20.4 Å². The molecule has 27 heavy (non-hydrogen) atoms. The molecule has 1 unspecified atom stereocenters. The van der Waals surface area contributed by atoms with E-state index in [4.69, 9.17) is 4.98 Å². The molecule has 0 bridgehead atoms. The molecule has 1 amide bonds. The first kappa shape index (κ1) is 17.9. The van der Waals surface area contributed by atoms with Crippen molar-refractivity contribution in [3.8, 4) is 0 Å². The molecule has 0 spiro atoms. The number of hydrogen-bond donors (Lipinski definition) is 1. The first-order valence-electron chi connectivity index (χ1n) is 9.31. The summed E-state index contributed by atoms with van der Waals surface area (Å²) in [5.74, 6) is 0.825. The molecule has 6 nitrogen and oxygen atoms in total. The van der Waals surface area contributed by atoms with Crippen molar-refractivity contribution in [2.75, 3.05) is 5.32 Å². The first-order valence-corrected chi connectivity index (χ1v) is 10.1. The summed E-state index contributed by atoms with van der Waals surface area (Å²) in [6, 6.07) is 5.10. The van der Waals surface area contributed by atoms with E-state index in [1.807, 2.05) is 11.5 Å². The minimum atomic E-state index is -0.243. The topological polar surface area (TPSA) is 76.9 Å². The van der Waals surface area contributed by atoms with Crippen LogP contribution in [0.1, 0.15) is 59.6 Å². The van der Waals surface area contributed by atoms with Crippen molar-refractivity contribution >= 4 is 33.3 Å². The second-order valence-electron chi connectivity index (χ2n) is 7.14. The third-order valence-corrected chi connectivity index (χ3v) is 5.88. The van der Waals surface area contributed by atoms with Crippen LogP contribution in [0, 0.1) is 6.92 Å². The number of nitrogens with zero attached hydrogens (tertiary/aromatic N) is 3. The van der Waals surface area contributed by atoms with E-state index >= 15 is 0 Å². The van der Waals surface area contributed by atoms with Crippen LogP contribution in [0.4, 0.5) is 5.13 Å². The number of benzene rings is 1. The average molecular weight is 382 g/mol. The Labute approximate surface area is 161 Å². The van der Waals surface area contributed by atoms with Crippen molar-refractivity contribution in [1.29, 1.82) is 0 Å². The van der Waals surface area contributed by atoms with E-state index in [1.165, 1.54) is 11.3 Å². The number of hydrogen-bond acceptors (Lipinski definition) is 5. The van der Waals surface area contributed by atoms with Crippen molar-refractivity contribution in [3.05, 3.63) is 51.0 Å². The standard InChI is InChI=1S/C20H22N4O2S/c1-12-6-4-3-5-9-24-17(12)22-16-10-14(7-8-15(16)19(24)26)18(25)23-20-21-11-13(2)27-20/h7-8,10-12H,3-6,9H2,1-2H3,(H,21,23,25). The van der Waals surface area contributed by atoms with E-state index in [1.54, 1.807) is 24.4 Å². The fraction of sp³-hybridized carbons (Fsp3) is 0.400. The van der Waals surface area contributed by atoms with Gasteiger partial charge in [-0.05, 0) is 38.0 Å². The monoisotopic (exact) mass is 382 g/mol. The lowest BCUT2D eigenvalue weighted by molar-refractivity contribution is 0.102. The number of thiazole rings is 1. The van der Waals surface area contributed by atoms with Crippen LogP contribution in [0.5, 0.6) is 0 Å². The Morgan fingerprint density at radius 2 is 2.15 bits per heavy atom. The van der Waals surface area contributed by atoms with Gasteiger partial charge in [0.1, 0.15) is 5.82 Å². The van der Waals surface area contributed by atoms with E-state index in [-0.39, 0.29) is 17.4 Å². The van der Waals surface area contributed by atoms with E-state index in [2.05, 4.69) is 17.2 Å². The number of anilines is 1. The van der Waals surface area contributed by atoms with Gasteiger partial charge in [0.05, 0.1) is 10.9 Å². The lowest BCUT2D eigenvalue weighted by Crippen LogP contribution is -2.28. The third-order valence-electron chi connectivity index (χ3n) is 5.05. The van der Waals surface area contributed by atoms with Crippen molar-refractivity contribution in [3.63, 3.8) is 0 Å². The van der Waals surface area contributed by atoms with Crippen LogP contribution >= 0.6 is 11.3 Å². The van der Waals surface area contributed by atoms with E-state index < -0.39 is 0 Å². The van der Waals surface area contributed by atoms with Gasteiger partial charge < -0.3 is 0 Å². The Morgan fingerprint density at radius 1 is 1.30 bits per heavy atom. The highest BCUT2D eigenvalue weighted by atomic mass is 32.1. The van der Waals surface area contributed by atoms with Crippen LogP contribution in [0.25, 0.3) is 10.9 Å². The molecule has 0 aliphatic carbocycles. The Kier molecular flexibility index (Phi) is 4.78. The maximum atomic E-state index is 13.0. The van der Waals surface area contributed by atoms with Gasteiger partial charge in [0.15, 0.2) is 5.13 Å². The molecule has 1 aliphatic rings. The normalized spacial score (nSPS) is 17.2. The van der Waals surface area contributed by atoms with Gasteiger partial charge in [0, 0.05) is 29.1 Å². The maximum Gasteiger partial charge on any atom is 0.261 e. The molecular formula is C20H22N4O2S. The van der Waals surface area contributed by atoms with Crippen LogP contribution < -0.4 is 10.9 Å². The molecule has 4 rings (SSSR count). The average Bonchev–Trinajstić information content (AvgIpc) is 3.05. The Hall–Kier alpha value is -2.54. The van der Waals surface area contributed by atoms with Crippen molar-refractivity contribution in [2.24, 2.45) is 0 Å². The smallest absolute Gasteiger partial charge is 0.261 e. The highest BCUT2D eigenvalue weighted by Gasteiger charge is 2.19. The zero-order chi connectivity index (χ0) is 19.0. The van der Waals surface area contributed by atoms with Gasteiger partial charge in [-0.1, -0.05) is 19.8 Å². The third kappa shape index (κ3) is 3.51. The van der Waals surface area contributed by atoms with Gasteiger partial charge >= 0.3 is 0 Å². The summed E-state index contributed by atoms with van der Waals surface area (Å²) in [5, 5.41) is 3.94. The summed E-state index contributed by atoms with van der Waals surface area (Å²) in [6.45, 7) is 4.78. The zero-order valence-corrected chi connectivity index (χ0v) is 16.3. The number of rotatable bonds is 2. The predicted octanol–water partition coefficient (Wildman–Crippen LogP) is 4.09. The SMILES string of the molecule is Cc1cnc(NC(=O)c2ccc3c(=O)n4c(nc3c2)C(C)CCCCC4)s1. The molecule has 0 saturated heterocycles. The van der Waals surface area contributed by atoms with Crippen molar-refractivity contribution in [1.82, 2.24) is 14.5 Å². The number of carbonyl (C=O) groups excluding carboxylic acids is 1. The highest BCUT2D eigenvalue weighted by molar-refractivity contribution is 7.15. The van der Waals surface area contributed by atoms with Crippen LogP contribution in [0.3, 0.4) is 0 Å². The Bertz CT molecular complexity index is 1070. The maximum absolute atomic E-state index is 13.0. The lowest BCUT2D eigenvalue weighted by atomic mass is 9.99. The summed E-state index contributed by atoms with van der Waals surface area (Å²) in [7, 11) is 0. The van der Waals surface area contributed by atoms with E-state index in [9.17, 15) is 9.59 Å². The summed E-state index contributed by atoms with van der Waals surface area (Å²) in [5.41, 5.74) is 1.05. The second kappa shape index (κ2) is 7.23. The van der Waals surface area contributed by atoms with E-state index in [0.29, 0.717) is 28.1 Å². The summed E-state index contributed by atoms with van der Waals surface area (Å²) >= 11 is 1.43. The van der Waals surface area contributed by atoms with Crippen LogP contribution in [-0.2, 0) is 6.54 Å². The molecule has 0 radical (unpaired) electrons. The number of amides is 1. The Balaban J connectivity index is 1.74. The Morgan fingerprint density at radius 3 is 2.93 bits per heavy atom. The zero-order valence-electron chi connectivity index (χ0n) is 15.5. The molecule has 0 fully saturated rings. The molecule has 1 atom stereocenters. The summed E-state index contributed by atoms with van der Waals surface area (Å²) < 4.78 is 1.82. The summed E-state index contributed by atoms with van der Waals surface area (Å²) in [4.78, 5) is 35.5. The first-order chi connectivity index (χ1) is 13.0. The quantitative estimate of drug-likeness (QED) is 0.724. The van der Waals surface area contributed by atoms with Gasteiger partial charge in [-0.3, -0.25) is 19.5 Å². The molecule has 3 aromatic rings. The van der Waals surface area contributed by atoms with Crippen molar-refractivity contribution < 1.29 is 4.79 Å². The van der Waals surface area contributed by atoms with Crippen LogP contribution in [0.15, 0.2) is 29.2 Å². The molecule has 2 aromatic heterocycles. The van der Waals surface area contributed by atoms with Gasteiger partial charge in [0.2, 0.25) is 0 Å². The number of nitrogens with one attached hydrogen (secondary N) is 1. The van der Waals surface area contributed by atoms with Gasteiger partial charge in [0.25, 0.3) is 11.5 Å². The molecule has 140 valence electrons. The van der Waals surface area contributed by atoms with E-state index in [0.717, 1.165) is 36.4 Å².